The van der Waals surface area contributed by atoms with Gasteiger partial charge in [-0.2, -0.15) is 0 Å². The molecule has 33 heavy (non-hydrogen) atoms. The highest BCUT2D eigenvalue weighted by molar-refractivity contribution is 6.31. The number of aromatic nitrogens is 2. The summed E-state index contributed by atoms with van der Waals surface area (Å²) < 4.78 is 24.7. The number of nitrogens with zero attached hydrogens (tertiary/aromatic N) is 3. The number of nitrogens with two attached hydrogens (primary N) is 1. The molecule has 10 heteroatoms. The van der Waals surface area contributed by atoms with Crippen molar-refractivity contribution in [1.29, 1.82) is 0 Å². The summed E-state index contributed by atoms with van der Waals surface area (Å²) in [5.74, 6) is -0.543. The number of hydrogen-bond donors (Lipinski definition) is 2. The molecule has 0 radical (unpaired) electrons. The van der Waals surface area contributed by atoms with Crippen molar-refractivity contribution < 1.29 is 18.3 Å². The van der Waals surface area contributed by atoms with Crippen LogP contribution in [-0.4, -0.2) is 47.1 Å². The molecular formula is C23H19ClFN5O3. The van der Waals surface area contributed by atoms with Gasteiger partial charge in [0.2, 0.25) is 5.88 Å². The molecule has 1 aromatic carbocycles. The van der Waals surface area contributed by atoms with Crippen LogP contribution in [0.5, 0.6) is 0 Å². The van der Waals surface area contributed by atoms with E-state index in [-0.39, 0.29) is 16.8 Å². The molecule has 1 aliphatic heterocycles. The summed E-state index contributed by atoms with van der Waals surface area (Å²) in [6.07, 6.45) is 3.19. The Morgan fingerprint density at radius 2 is 1.91 bits per heavy atom. The number of halogens is 2. The summed E-state index contributed by atoms with van der Waals surface area (Å²) in [5, 5.41) is 3.80. The minimum Gasteiger partial charge on any atom is -0.436 e. The number of fused-ring (bicyclic) bond motifs is 1. The monoisotopic (exact) mass is 467 g/mol. The molecule has 8 nitrogen and oxygen atoms in total. The fourth-order valence-corrected chi connectivity index (χ4v) is 3.90. The highest BCUT2D eigenvalue weighted by atomic mass is 35.5. The molecule has 0 spiro atoms. The van der Waals surface area contributed by atoms with E-state index in [1.54, 1.807) is 41.6 Å². The smallest absolute Gasteiger partial charge is 0.272 e. The van der Waals surface area contributed by atoms with Crippen molar-refractivity contribution in [3.63, 3.8) is 0 Å². The fraction of sp³-hybridized carbons (Fsp3) is 0.174. The molecule has 5 rings (SSSR count). The minimum absolute atomic E-state index is 0.0111. The van der Waals surface area contributed by atoms with Gasteiger partial charge in [0.25, 0.3) is 5.91 Å². The molecular weight excluding hydrogens is 449 g/mol. The molecule has 3 aromatic heterocycles. The van der Waals surface area contributed by atoms with Gasteiger partial charge in [-0.05, 0) is 36.4 Å². The van der Waals surface area contributed by atoms with Crippen LogP contribution in [0.1, 0.15) is 10.5 Å². The summed E-state index contributed by atoms with van der Waals surface area (Å²) in [5.41, 5.74) is 9.14. The standard InChI is InChI=1S/C23H19ClFN5O3/c24-16-12-14(1-2-17(16)25)29-20-15-4-6-28-19(21(15)33-22(20)26)13-3-5-27-18(11-13)23(31)30-7-9-32-10-8-30/h1-6,11-12,29H,7-10,26H2. The first-order chi connectivity index (χ1) is 16.0. The first-order valence-electron chi connectivity index (χ1n) is 10.2. The lowest BCUT2D eigenvalue weighted by atomic mass is 10.1. The van der Waals surface area contributed by atoms with Gasteiger partial charge in [-0.3, -0.25) is 14.8 Å². The number of amides is 1. The van der Waals surface area contributed by atoms with Gasteiger partial charge in [0.1, 0.15) is 22.9 Å². The molecule has 1 fully saturated rings. The Hall–Kier alpha value is -3.69. The van der Waals surface area contributed by atoms with Crippen LogP contribution >= 0.6 is 11.6 Å². The fourth-order valence-electron chi connectivity index (χ4n) is 3.72. The van der Waals surface area contributed by atoms with E-state index in [4.69, 9.17) is 26.5 Å². The van der Waals surface area contributed by atoms with E-state index in [0.717, 1.165) is 0 Å². The zero-order valence-electron chi connectivity index (χ0n) is 17.3. The summed E-state index contributed by atoms with van der Waals surface area (Å²) >= 11 is 5.89. The highest BCUT2D eigenvalue weighted by Crippen LogP contribution is 2.39. The zero-order valence-corrected chi connectivity index (χ0v) is 18.1. The van der Waals surface area contributed by atoms with Gasteiger partial charge in [0, 0.05) is 36.7 Å². The van der Waals surface area contributed by atoms with Gasteiger partial charge in [-0.15, -0.1) is 0 Å². The number of benzene rings is 1. The maximum Gasteiger partial charge on any atom is 0.272 e. The number of anilines is 3. The van der Waals surface area contributed by atoms with Crippen LogP contribution in [0, 0.1) is 5.82 Å². The van der Waals surface area contributed by atoms with Crippen LogP contribution < -0.4 is 11.1 Å². The molecule has 1 saturated heterocycles. The van der Waals surface area contributed by atoms with Gasteiger partial charge in [-0.1, -0.05) is 11.6 Å². The number of rotatable bonds is 4. The average molecular weight is 468 g/mol. The normalized spacial score (nSPS) is 13.9. The predicted octanol–water partition coefficient (Wildman–Crippen LogP) is 4.48. The summed E-state index contributed by atoms with van der Waals surface area (Å²) in [6.45, 7) is 2.06. The third-order valence-electron chi connectivity index (χ3n) is 5.37. The number of carbonyl (C=O) groups excluding carboxylic acids is 1. The summed E-state index contributed by atoms with van der Waals surface area (Å²) in [6, 6.07) is 9.47. The van der Waals surface area contributed by atoms with E-state index < -0.39 is 5.82 Å². The number of nitrogens with one attached hydrogen (secondary N) is 1. The maximum atomic E-state index is 13.5. The summed E-state index contributed by atoms with van der Waals surface area (Å²) in [7, 11) is 0. The van der Waals surface area contributed by atoms with Crippen LogP contribution in [0.2, 0.25) is 5.02 Å². The third kappa shape index (κ3) is 4.08. The molecule has 4 heterocycles. The molecule has 1 amide bonds. The number of morpholine rings is 1. The quantitative estimate of drug-likeness (QED) is 0.455. The van der Waals surface area contributed by atoms with Crippen LogP contribution in [-0.2, 0) is 4.74 Å². The van der Waals surface area contributed by atoms with Crippen molar-refractivity contribution in [2.75, 3.05) is 37.4 Å². The first kappa shape index (κ1) is 21.2. The molecule has 168 valence electrons. The lowest BCUT2D eigenvalue weighted by molar-refractivity contribution is 0.0299. The predicted molar refractivity (Wildman–Crippen MR) is 123 cm³/mol. The molecule has 1 aliphatic rings. The van der Waals surface area contributed by atoms with E-state index in [1.165, 1.54) is 12.1 Å². The van der Waals surface area contributed by atoms with Crippen molar-refractivity contribution in [1.82, 2.24) is 14.9 Å². The molecule has 0 saturated carbocycles. The molecule has 4 aromatic rings. The molecule has 0 atom stereocenters. The average Bonchev–Trinajstić information content (AvgIpc) is 3.16. The van der Waals surface area contributed by atoms with Crippen molar-refractivity contribution in [2.45, 2.75) is 0 Å². The number of furan rings is 1. The minimum atomic E-state index is -0.515. The topological polar surface area (TPSA) is 107 Å². The van der Waals surface area contributed by atoms with Gasteiger partial charge >= 0.3 is 0 Å². The zero-order chi connectivity index (χ0) is 22.9. The highest BCUT2D eigenvalue weighted by Gasteiger charge is 2.22. The van der Waals surface area contributed by atoms with E-state index in [2.05, 4.69) is 15.3 Å². The van der Waals surface area contributed by atoms with Gasteiger partial charge < -0.3 is 25.1 Å². The second kappa shape index (κ2) is 8.68. The Morgan fingerprint density at radius 3 is 2.70 bits per heavy atom. The first-order valence-corrected chi connectivity index (χ1v) is 10.6. The number of pyridine rings is 2. The van der Waals surface area contributed by atoms with Crippen LogP contribution in [0.3, 0.4) is 0 Å². The Balaban J connectivity index is 1.51. The molecule has 0 unspecified atom stereocenters. The van der Waals surface area contributed by atoms with E-state index in [9.17, 15) is 9.18 Å². The molecule has 0 bridgehead atoms. The maximum absolute atomic E-state index is 13.5. The number of hydrogen-bond acceptors (Lipinski definition) is 7. The number of carbonyl (C=O) groups is 1. The van der Waals surface area contributed by atoms with Crippen LogP contribution in [0.4, 0.5) is 21.6 Å². The molecule has 0 aliphatic carbocycles. The largest absolute Gasteiger partial charge is 0.436 e. The van der Waals surface area contributed by atoms with Crippen molar-refractivity contribution in [2.24, 2.45) is 0 Å². The van der Waals surface area contributed by atoms with E-state index in [1.807, 2.05) is 0 Å². The van der Waals surface area contributed by atoms with Gasteiger partial charge in [0.15, 0.2) is 5.58 Å². The van der Waals surface area contributed by atoms with Crippen molar-refractivity contribution in [3.8, 4) is 11.3 Å². The van der Waals surface area contributed by atoms with Gasteiger partial charge in [-0.25, -0.2) is 4.39 Å². The Kier molecular flexibility index (Phi) is 5.57. The van der Waals surface area contributed by atoms with Crippen molar-refractivity contribution in [3.05, 3.63) is 65.3 Å². The number of ether oxygens (including phenoxy) is 1. The summed E-state index contributed by atoms with van der Waals surface area (Å²) in [4.78, 5) is 23.3. The van der Waals surface area contributed by atoms with E-state index in [0.29, 0.717) is 65.6 Å². The van der Waals surface area contributed by atoms with Crippen molar-refractivity contribution >= 4 is 45.7 Å². The Bertz CT molecular complexity index is 1350. The van der Waals surface area contributed by atoms with E-state index >= 15 is 0 Å². The second-order valence-electron chi connectivity index (χ2n) is 7.47. The van der Waals surface area contributed by atoms with Gasteiger partial charge in [0.05, 0.1) is 23.6 Å². The molecule has 3 N–H and O–H groups in total. The Labute approximate surface area is 193 Å². The van der Waals surface area contributed by atoms with Crippen LogP contribution in [0.15, 0.2) is 53.2 Å². The SMILES string of the molecule is Nc1oc2c(-c3ccnc(C(=O)N4CCOCC4)c3)nccc2c1Nc1ccc(F)c(Cl)c1. The second-order valence-corrected chi connectivity index (χ2v) is 7.87. The lowest BCUT2D eigenvalue weighted by Gasteiger charge is -2.26. The number of nitrogen functional groups attached to an aromatic ring is 1. The Morgan fingerprint density at radius 1 is 1.12 bits per heavy atom. The van der Waals surface area contributed by atoms with Crippen LogP contribution in [0.25, 0.3) is 22.2 Å². The third-order valence-corrected chi connectivity index (χ3v) is 5.66. The lowest BCUT2D eigenvalue weighted by Crippen LogP contribution is -2.41.